The molecule has 0 bridgehead atoms. The van der Waals surface area contributed by atoms with Crippen LogP contribution in [0.5, 0.6) is 0 Å². The van der Waals surface area contributed by atoms with Crippen molar-refractivity contribution in [1.82, 2.24) is 9.13 Å². The Morgan fingerprint density at radius 2 is 1.52 bits per heavy atom. The van der Waals surface area contributed by atoms with E-state index in [0.29, 0.717) is 6.04 Å². The molecule has 2 aromatic rings. The molecule has 0 amide bonds. The fourth-order valence-corrected chi connectivity index (χ4v) is 6.15. The van der Waals surface area contributed by atoms with E-state index in [0.717, 1.165) is 0 Å². The zero-order valence-electron chi connectivity index (χ0n) is 14.8. The van der Waals surface area contributed by atoms with Crippen LogP contribution in [0.2, 0.25) is 0 Å². The number of aromatic nitrogens is 2. The van der Waals surface area contributed by atoms with Gasteiger partial charge in [-0.3, -0.25) is 13.6 Å². The Morgan fingerprint density at radius 3 is 2.00 bits per heavy atom. The summed E-state index contributed by atoms with van der Waals surface area (Å²) in [6.07, 6.45) is 9.77. The molecule has 0 spiro atoms. The van der Waals surface area contributed by atoms with Crippen LogP contribution in [-0.2, 0) is 25.8 Å². The van der Waals surface area contributed by atoms with E-state index in [4.69, 9.17) is 19.2 Å². The van der Waals surface area contributed by atoms with E-state index in [2.05, 4.69) is 68.0 Å². The average Bonchev–Trinajstić information content (AvgIpc) is 3.26. The summed E-state index contributed by atoms with van der Waals surface area (Å²) in [5.41, 5.74) is 5.31. The number of nitrogens with zero attached hydrogens (tertiary/aromatic N) is 2. The monoisotopic (exact) mass is 540 g/mol. The minimum absolute atomic E-state index is 0.616. The predicted molar refractivity (Wildman–Crippen MR) is 98.1 cm³/mol. The van der Waals surface area contributed by atoms with Gasteiger partial charge in [0.25, 0.3) is 0 Å². The van der Waals surface area contributed by atoms with Crippen molar-refractivity contribution in [1.29, 1.82) is 0 Å². The van der Waals surface area contributed by atoms with E-state index >= 15 is 0 Å². The molecular weight excluding hydrogens is 516 g/mol. The quantitative estimate of drug-likeness (QED) is 0.415. The van der Waals surface area contributed by atoms with Crippen molar-refractivity contribution in [3.8, 4) is 5.69 Å². The summed E-state index contributed by atoms with van der Waals surface area (Å²) in [4.78, 5) is 15.5. The number of rotatable bonds is 2. The van der Waals surface area contributed by atoms with Gasteiger partial charge in [-0.2, -0.15) is 0 Å². The molecule has 0 N–H and O–H groups in total. The van der Waals surface area contributed by atoms with Crippen molar-refractivity contribution in [3.05, 3.63) is 45.1 Å². The second-order valence-electron chi connectivity index (χ2n) is 6.07. The Balaban J connectivity index is 0.000000730. The summed E-state index contributed by atoms with van der Waals surface area (Å²) in [5.74, 6) is 0. The molecule has 4 nitrogen and oxygen atoms in total. The first-order chi connectivity index (χ1) is 12.1. The third kappa shape index (κ3) is 4.87. The molecule has 6 heteroatoms. The third-order valence-corrected chi connectivity index (χ3v) is 6.94. The van der Waals surface area contributed by atoms with Crippen LogP contribution in [0.1, 0.15) is 48.4 Å². The fourth-order valence-electron chi connectivity index (χ4n) is 3.60. The van der Waals surface area contributed by atoms with Gasteiger partial charge in [0.1, 0.15) is 0 Å². The van der Waals surface area contributed by atoms with Crippen LogP contribution in [0.25, 0.3) is 5.69 Å². The Hall–Kier alpha value is -1.29. The van der Waals surface area contributed by atoms with Crippen molar-refractivity contribution in [3.63, 3.8) is 0 Å². The molecule has 0 aliphatic heterocycles. The first-order valence-electron chi connectivity index (χ1n) is 8.01. The molecule has 0 saturated heterocycles. The molecule has 1 aliphatic carbocycles. The SMILES string of the molecule is Cc1cc(C)c(-n2ccn(C3CCCC3)[c]2=[Ir][Cl])c(C)c1.[CH-]=O.[CH-]=O. The summed E-state index contributed by atoms with van der Waals surface area (Å²) >= 11 is -0.616. The molecule has 1 aromatic heterocycles. The van der Waals surface area contributed by atoms with Gasteiger partial charge in [0, 0.05) is 0 Å². The Bertz CT molecular complexity index is 736. The van der Waals surface area contributed by atoms with E-state index in [1.807, 2.05) is 0 Å². The summed E-state index contributed by atoms with van der Waals surface area (Å²) in [6.45, 7) is 13.1. The molecule has 1 saturated carbocycles. The average molecular weight is 540 g/mol. The third-order valence-electron chi connectivity index (χ3n) is 4.42. The fraction of sp³-hybridized carbons (Fsp3) is 0.421. The van der Waals surface area contributed by atoms with Crippen LogP contribution in [0.3, 0.4) is 0 Å². The van der Waals surface area contributed by atoms with Crippen molar-refractivity contribution in [2.75, 3.05) is 0 Å². The number of hydrogen-bond donors (Lipinski definition) is 0. The number of carbonyl (C=O) groups excluding carboxylic acids is 2. The van der Waals surface area contributed by atoms with Crippen molar-refractivity contribution in [2.24, 2.45) is 0 Å². The van der Waals surface area contributed by atoms with Gasteiger partial charge in [0.05, 0.1) is 0 Å². The molecule has 1 heterocycles. The smallest absolute Gasteiger partial charge is 0.282 e. The molecule has 1 aliphatic rings. The maximum atomic E-state index is 7.75. The maximum absolute atomic E-state index is 7.75. The molecule has 0 unspecified atom stereocenters. The standard InChI is InChI=1S/C17H22N2.2CHO.ClH.Ir/c1-13-10-14(2)17(15(3)11-13)19-9-8-18(12-19)16-6-4-5-7-16;2*1-2;;/h8-11,16H,4-7H2,1-3H3;2*1H;1H;/q;2*-1;;+1/p-1. The van der Waals surface area contributed by atoms with Crippen molar-refractivity contribution in [2.45, 2.75) is 52.5 Å². The molecule has 25 heavy (non-hydrogen) atoms. The first kappa shape index (κ1) is 21.8. The topological polar surface area (TPSA) is 44.0 Å². The second kappa shape index (κ2) is 10.6. The molecule has 140 valence electrons. The Kier molecular flexibility index (Phi) is 9.26. The van der Waals surface area contributed by atoms with E-state index in [9.17, 15) is 0 Å². The molecule has 1 aromatic carbocycles. The molecule has 3 rings (SSSR count). The number of hydrogen-bond acceptors (Lipinski definition) is 2. The molecule has 1 fully saturated rings. The molecule has 0 radical (unpaired) electrons. The second-order valence-corrected chi connectivity index (χ2v) is 8.63. The van der Waals surface area contributed by atoms with Crippen LogP contribution >= 0.6 is 9.58 Å². The van der Waals surface area contributed by atoms with Gasteiger partial charge in [-0.1, -0.05) is 0 Å². The largest absolute Gasteiger partial charge is 0.545 e. The van der Waals surface area contributed by atoms with E-state index in [1.165, 1.54) is 52.0 Å². The van der Waals surface area contributed by atoms with Gasteiger partial charge in [0.2, 0.25) is 0 Å². The molecule has 0 atom stereocenters. The number of benzene rings is 1. The number of imidazole rings is 1. The summed E-state index contributed by atoms with van der Waals surface area (Å²) in [6, 6.07) is 5.19. The zero-order chi connectivity index (χ0) is 19.0. The first-order valence-corrected chi connectivity index (χ1v) is 12.2. The Morgan fingerprint density at radius 1 is 1.00 bits per heavy atom. The van der Waals surface area contributed by atoms with Gasteiger partial charge < -0.3 is 9.59 Å². The van der Waals surface area contributed by atoms with Gasteiger partial charge in [0.15, 0.2) is 0 Å². The minimum Gasteiger partial charge on any atom is -0.545 e. The Labute approximate surface area is 161 Å². The molecular formula is C19H24ClIrN2O2-2. The van der Waals surface area contributed by atoms with Crippen LogP contribution in [0.4, 0.5) is 0 Å². The van der Waals surface area contributed by atoms with Crippen LogP contribution < -0.4 is 0 Å². The maximum Gasteiger partial charge on any atom is -0.282 e. The van der Waals surface area contributed by atoms with Crippen LogP contribution in [-0.4, -0.2) is 22.7 Å². The van der Waals surface area contributed by atoms with Gasteiger partial charge in [-0.15, -0.1) is 0 Å². The van der Waals surface area contributed by atoms with E-state index < -0.39 is 16.2 Å². The zero-order valence-corrected chi connectivity index (χ0v) is 17.9. The van der Waals surface area contributed by atoms with Crippen LogP contribution in [0.15, 0.2) is 24.5 Å². The van der Waals surface area contributed by atoms with E-state index in [-0.39, 0.29) is 0 Å². The van der Waals surface area contributed by atoms with Gasteiger partial charge in [-0.05, 0) is 0 Å². The summed E-state index contributed by atoms with van der Waals surface area (Å²) in [7, 11) is 6.43. The normalized spacial score (nSPS) is 15.1. The number of halogens is 1. The summed E-state index contributed by atoms with van der Waals surface area (Å²) < 4.78 is 6.13. The minimum atomic E-state index is -0.616. The predicted octanol–water partition coefficient (Wildman–Crippen LogP) is 4.54. The van der Waals surface area contributed by atoms with Crippen molar-refractivity contribution >= 4 is 23.2 Å². The number of aryl methyl sites for hydroxylation is 3. The van der Waals surface area contributed by atoms with E-state index in [1.54, 1.807) is 0 Å². The summed E-state index contributed by atoms with van der Waals surface area (Å²) in [5, 5.41) is 0. The van der Waals surface area contributed by atoms with Crippen molar-refractivity contribution < 1.29 is 25.8 Å². The van der Waals surface area contributed by atoms with Gasteiger partial charge >= 0.3 is 138 Å². The van der Waals surface area contributed by atoms with Crippen LogP contribution in [0, 0.1) is 24.7 Å². The van der Waals surface area contributed by atoms with Gasteiger partial charge in [-0.25, -0.2) is 0 Å².